The maximum absolute atomic E-state index is 12.7. The van der Waals surface area contributed by atoms with Crippen molar-refractivity contribution in [1.82, 2.24) is 0 Å². The molecule has 0 saturated heterocycles. The zero-order valence-corrected chi connectivity index (χ0v) is 21.4. The summed E-state index contributed by atoms with van der Waals surface area (Å²) in [5.74, 6) is -0.346. The third kappa shape index (κ3) is 6.23. The third-order valence-corrected chi connectivity index (χ3v) is 5.66. The number of anilines is 1. The highest BCUT2D eigenvalue weighted by atomic mass is 79.9. The monoisotopic (exact) mass is 616 g/mol. The molecule has 0 aliphatic heterocycles. The lowest BCUT2D eigenvalue weighted by molar-refractivity contribution is -0.394. The molecule has 0 heterocycles. The average molecular weight is 618 g/mol. The Hall–Kier alpha value is -4.28. The normalized spacial score (nSPS) is 10.8. The number of nitrogens with one attached hydrogen (secondary N) is 1. The number of hydrogen-bond donors (Lipinski definition) is 1. The van der Waals surface area contributed by atoms with Crippen LogP contribution in [0.2, 0.25) is 0 Å². The van der Waals surface area contributed by atoms with Crippen LogP contribution in [0.15, 0.2) is 69.1 Å². The van der Waals surface area contributed by atoms with Gasteiger partial charge in [-0.2, -0.15) is 5.26 Å². The lowest BCUT2D eigenvalue weighted by Crippen LogP contribution is -2.13. The van der Waals surface area contributed by atoms with E-state index in [2.05, 4.69) is 37.2 Å². The molecule has 36 heavy (non-hydrogen) atoms. The Morgan fingerprint density at radius 1 is 1.06 bits per heavy atom. The van der Waals surface area contributed by atoms with Crippen LogP contribution in [-0.4, -0.2) is 22.9 Å². The molecular weight excluding hydrogens is 604 g/mol. The molecule has 0 aromatic heterocycles. The van der Waals surface area contributed by atoms with Gasteiger partial charge in [-0.3, -0.25) is 25.0 Å². The summed E-state index contributed by atoms with van der Waals surface area (Å²) < 4.78 is 11.7. The largest absolute Gasteiger partial charge is 0.497 e. The Morgan fingerprint density at radius 2 is 1.75 bits per heavy atom. The topological polar surface area (TPSA) is 158 Å². The van der Waals surface area contributed by atoms with E-state index in [9.17, 15) is 30.3 Å². The molecule has 1 amide bonds. The molecule has 0 fully saturated rings. The van der Waals surface area contributed by atoms with Gasteiger partial charge in [0.2, 0.25) is 5.75 Å². The van der Waals surface area contributed by atoms with E-state index in [4.69, 9.17) is 9.47 Å². The number of non-ortho nitro benzene ring substituents is 1. The van der Waals surface area contributed by atoms with Gasteiger partial charge in [-0.15, -0.1) is 0 Å². The van der Waals surface area contributed by atoms with Crippen molar-refractivity contribution >= 4 is 60.9 Å². The molecule has 0 bridgehead atoms. The molecule has 1 N–H and O–H groups in total. The quantitative estimate of drug-likeness (QED) is 0.132. The van der Waals surface area contributed by atoms with Crippen molar-refractivity contribution in [1.29, 1.82) is 5.26 Å². The van der Waals surface area contributed by atoms with E-state index in [0.717, 1.165) is 18.2 Å². The van der Waals surface area contributed by atoms with Gasteiger partial charge >= 0.3 is 5.69 Å². The third-order valence-electron chi connectivity index (χ3n) is 4.61. The highest BCUT2D eigenvalue weighted by Gasteiger charge is 2.23. The van der Waals surface area contributed by atoms with E-state index in [-0.39, 0.29) is 22.6 Å². The number of amides is 1. The number of nitriles is 1. The lowest BCUT2D eigenvalue weighted by Gasteiger charge is -2.13. The van der Waals surface area contributed by atoms with Crippen molar-refractivity contribution in [3.05, 3.63) is 94.9 Å². The highest BCUT2D eigenvalue weighted by Crippen LogP contribution is 2.41. The Morgan fingerprint density at radius 3 is 2.33 bits per heavy atom. The predicted molar refractivity (Wildman–Crippen MR) is 137 cm³/mol. The number of ether oxygens (including phenoxy) is 2. The number of nitro groups is 2. The summed E-state index contributed by atoms with van der Waals surface area (Å²) >= 11 is 6.63. The number of carbonyl (C=O) groups excluding carboxylic acids is 1. The first-order valence-corrected chi connectivity index (χ1v) is 11.4. The molecule has 0 atom stereocenters. The van der Waals surface area contributed by atoms with E-state index in [0.29, 0.717) is 20.4 Å². The first-order valence-electron chi connectivity index (χ1n) is 9.80. The maximum atomic E-state index is 12.7. The van der Waals surface area contributed by atoms with Gasteiger partial charge in [-0.05, 0) is 64.5 Å². The van der Waals surface area contributed by atoms with Crippen LogP contribution >= 0.6 is 31.9 Å². The molecule has 3 rings (SSSR count). The Kier molecular flexibility index (Phi) is 8.36. The van der Waals surface area contributed by atoms with E-state index < -0.39 is 27.1 Å². The Labute approximate surface area is 220 Å². The summed E-state index contributed by atoms with van der Waals surface area (Å²) in [5.41, 5.74) is -0.739. The van der Waals surface area contributed by atoms with Gasteiger partial charge in [-0.25, -0.2) is 0 Å². The molecule has 13 heteroatoms. The van der Waals surface area contributed by atoms with E-state index in [1.165, 1.54) is 19.3 Å². The summed E-state index contributed by atoms with van der Waals surface area (Å²) in [7, 11) is 1.51. The molecule has 0 spiro atoms. The Bertz CT molecular complexity index is 1430. The van der Waals surface area contributed by atoms with Crippen molar-refractivity contribution in [2.24, 2.45) is 0 Å². The van der Waals surface area contributed by atoms with Crippen LogP contribution in [0, 0.1) is 31.6 Å². The summed E-state index contributed by atoms with van der Waals surface area (Å²) in [4.78, 5) is 33.7. The number of halogens is 2. The predicted octanol–water partition coefficient (Wildman–Crippen LogP) is 6.37. The number of carbonyl (C=O) groups is 1. The summed E-state index contributed by atoms with van der Waals surface area (Å²) in [5, 5.41) is 34.7. The SMILES string of the molecule is COc1ccc(NC(=O)/C(C#N)=C/c2cc(Br)cc(Br)c2Oc2ccc([N+](=O)[O-])cc2[N+](=O)[O-])cc1. The van der Waals surface area contributed by atoms with Crippen LogP contribution in [-0.2, 0) is 4.79 Å². The van der Waals surface area contributed by atoms with Crippen LogP contribution in [0.1, 0.15) is 5.56 Å². The van der Waals surface area contributed by atoms with Gasteiger partial charge in [0.05, 0.1) is 27.5 Å². The average Bonchev–Trinajstić information content (AvgIpc) is 2.84. The molecule has 182 valence electrons. The lowest BCUT2D eigenvalue weighted by atomic mass is 10.1. The van der Waals surface area contributed by atoms with Crippen LogP contribution in [0.25, 0.3) is 6.08 Å². The second-order valence-electron chi connectivity index (χ2n) is 6.93. The van der Waals surface area contributed by atoms with Crippen LogP contribution in [0.3, 0.4) is 0 Å². The molecule has 0 aliphatic rings. The van der Waals surface area contributed by atoms with E-state index in [1.807, 2.05) is 6.07 Å². The second-order valence-corrected chi connectivity index (χ2v) is 8.70. The van der Waals surface area contributed by atoms with Crippen LogP contribution < -0.4 is 14.8 Å². The number of hydrogen-bond acceptors (Lipinski definition) is 8. The molecule has 3 aromatic rings. The molecule has 3 aromatic carbocycles. The fourth-order valence-corrected chi connectivity index (χ4v) is 4.27. The van der Waals surface area contributed by atoms with Gasteiger partial charge in [0.15, 0.2) is 0 Å². The van der Waals surface area contributed by atoms with Gasteiger partial charge in [0.25, 0.3) is 11.6 Å². The van der Waals surface area contributed by atoms with Crippen molar-refractivity contribution in [2.75, 3.05) is 12.4 Å². The summed E-state index contributed by atoms with van der Waals surface area (Å²) in [6, 6.07) is 14.4. The summed E-state index contributed by atoms with van der Waals surface area (Å²) in [6.07, 6.45) is 1.25. The number of nitrogens with zero attached hydrogens (tertiary/aromatic N) is 3. The molecule has 0 unspecified atom stereocenters. The molecule has 0 radical (unpaired) electrons. The van der Waals surface area contributed by atoms with Crippen LogP contribution in [0.5, 0.6) is 17.2 Å². The fraction of sp³-hybridized carbons (Fsp3) is 0.0435. The van der Waals surface area contributed by atoms with Gasteiger partial charge in [0, 0.05) is 21.8 Å². The number of rotatable bonds is 8. The minimum Gasteiger partial charge on any atom is -0.497 e. The first-order chi connectivity index (χ1) is 17.1. The number of benzene rings is 3. The van der Waals surface area contributed by atoms with E-state index >= 15 is 0 Å². The minimum atomic E-state index is -0.812. The minimum absolute atomic E-state index is 0.0418. The smallest absolute Gasteiger partial charge is 0.318 e. The molecular formula is C23H14Br2N4O7. The number of methoxy groups -OCH3 is 1. The molecule has 0 saturated carbocycles. The van der Waals surface area contributed by atoms with Gasteiger partial charge < -0.3 is 14.8 Å². The van der Waals surface area contributed by atoms with E-state index in [1.54, 1.807) is 30.3 Å². The zero-order valence-electron chi connectivity index (χ0n) is 18.2. The van der Waals surface area contributed by atoms with Crippen molar-refractivity contribution in [2.45, 2.75) is 0 Å². The first kappa shape index (κ1) is 26.3. The highest BCUT2D eigenvalue weighted by molar-refractivity contribution is 9.11. The van der Waals surface area contributed by atoms with Crippen LogP contribution in [0.4, 0.5) is 17.1 Å². The molecule has 0 aliphatic carbocycles. The van der Waals surface area contributed by atoms with Gasteiger partial charge in [0.1, 0.15) is 23.1 Å². The van der Waals surface area contributed by atoms with Crippen molar-refractivity contribution < 1.29 is 24.1 Å². The maximum Gasteiger partial charge on any atom is 0.318 e. The fourth-order valence-electron chi connectivity index (χ4n) is 2.93. The Balaban J connectivity index is 2.01. The van der Waals surface area contributed by atoms with Crippen molar-refractivity contribution in [3.63, 3.8) is 0 Å². The standard InChI is InChI=1S/C23H14Br2N4O7/c1-35-18-5-2-16(3-6-18)27-23(30)14(12-26)8-13-9-15(24)10-19(25)22(13)36-21-7-4-17(28(31)32)11-20(21)29(33)34/h2-11H,1H3,(H,27,30)/b14-8+. The summed E-state index contributed by atoms with van der Waals surface area (Å²) in [6.45, 7) is 0. The zero-order chi connectivity index (χ0) is 26.4. The molecule has 11 nitrogen and oxygen atoms in total. The second kappa shape index (κ2) is 11.4. The van der Waals surface area contributed by atoms with Gasteiger partial charge in [-0.1, -0.05) is 15.9 Å². The van der Waals surface area contributed by atoms with Crippen molar-refractivity contribution in [3.8, 4) is 23.3 Å². The number of nitro benzene ring substituents is 2.